The van der Waals surface area contributed by atoms with Crippen LogP contribution in [0.4, 0.5) is 33.3 Å². The van der Waals surface area contributed by atoms with E-state index in [-0.39, 0.29) is 34.7 Å². The summed E-state index contributed by atoms with van der Waals surface area (Å²) >= 11 is 0. The van der Waals surface area contributed by atoms with Crippen molar-refractivity contribution in [2.24, 2.45) is 7.05 Å². The van der Waals surface area contributed by atoms with E-state index < -0.39 is 34.8 Å². The van der Waals surface area contributed by atoms with Crippen LogP contribution in [0.15, 0.2) is 67.0 Å². The average molecular weight is 664 g/mol. The zero-order chi connectivity index (χ0) is 34.5. The fourth-order valence-electron chi connectivity index (χ4n) is 6.35. The van der Waals surface area contributed by atoms with Gasteiger partial charge in [0.1, 0.15) is 35.3 Å². The monoisotopic (exact) mass is 663 g/mol. The Morgan fingerprint density at radius 2 is 1.88 bits per heavy atom. The molecule has 48 heavy (non-hydrogen) atoms. The quantitative estimate of drug-likeness (QED) is 0.0975. The summed E-state index contributed by atoms with van der Waals surface area (Å²) < 4.78 is 83.5. The van der Waals surface area contributed by atoms with Gasteiger partial charge in [0.25, 0.3) is 0 Å². The molecule has 7 nitrogen and oxygen atoms in total. The molecular weight excluding hydrogens is 629 g/mol. The molecule has 0 aliphatic carbocycles. The summed E-state index contributed by atoms with van der Waals surface area (Å²) in [5.41, 5.74) is 1.03. The first-order valence-corrected chi connectivity index (χ1v) is 15.4. The van der Waals surface area contributed by atoms with Crippen molar-refractivity contribution in [3.05, 3.63) is 107 Å². The van der Waals surface area contributed by atoms with Gasteiger partial charge < -0.3 is 23.9 Å². The molecule has 250 valence electrons. The smallest absolute Gasteiger partial charge is 0.377 e. The molecule has 6 rings (SSSR count). The molecule has 0 unspecified atom stereocenters. The summed E-state index contributed by atoms with van der Waals surface area (Å²) in [4.78, 5) is 20.3. The van der Waals surface area contributed by atoms with Crippen molar-refractivity contribution in [3.63, 3.8) is 0 Å². The van der Waals surface area contributed by atoms with Gasteiger partial charge >= 0.3 is 6.18 Å². The number of aryl methyl sites for hydroxylation is 1. The van der Waals surface area contributed by atoms with E-state index in [1.807, 2.05) is 13.0 Å². The number of benzene rings is 2. The van der Waals surface area contributed by atoms with Gasteiger partial charge in [-0.05, 0) is 54.8 Å². The Kier molecular flexibility index (Phi) is 8.63. The van der Waals surface area contributed by atoms with Gasteiger partial charge in [-0.15, -0.1) is 0 Å². The van der Waals surface area contributed by atoms with Crippen LogP contribution in [-0.4, -0.2) is 40.4 Å². The van der Waals surface area contributed by atoms with Gasteiger partial charge in [0, 0.05) is 56.3 Å². The topological polar surface area (TPSA) is 63.8 Å². The Morgan fingerprint density at radius 1 is 1.15 bits per heavy atom. The van der Waals surface area contributed by atoms with E-state index in [0.29, 0.717) is 46.6 Å². The number of pyridine rings is 1. The number of allylic oxidation sites excluding steroid dienone is 2. The van der Waals surface area contributed by atoms with Crippen molar-refractivity contribution < 1.29 is 31.5 Å². The van der Waals surface area contributed by atoms with E-state index in [2.05, 4.69) is 11.9 Å². The zero-order valence-electron chi connectivity index (χ0n) is 26.9. The minimum Gasteiger partial charge on any atom is -0.377 e. The van der Waals surface area contributed by atoms with Crippen LogP contribution in [0.5, 0.6) is 0 Å². The average Bonchev–Trinajstić information content (AvgIpc) is 3.56. The van der Waals surface area contributed by atoms with Crippen LogP contribution in [0, 0.1) is 11.6 Å². The first-order valence-electron chi connectivity index (χ1n) is 15.4. The molecule has 3 aromatic heterocycles. The molecule has 0 saturated heterocycles. The van der Waals surface area contributed by atoms with E-state index in [1.54, 1.807) is 54.0 Å². The predicted octanol–water partition coefficient (Wildman–Crippen LogP) is 8.44. The third-order valence-corrected chi connectivity index (χ3v) is 8.66. The maximum Gasteiger partial charge on any atom is 0.417 e. The summed E-state index contributed by atoms with van der Waals surface area (Å²) in [6, 6.07) is 7.72. The Bertz CT molecular complexity index is 2100. The normalized spacial score (nSPS) is 13.3. The highest BCUT2D eigenvalue weighted by Crippen LogP contribution is 2.49. The number of rotatable bonds is 9. The fraction of sp³-hybridized carbons (Fsp3) is 0.278. The summed E-state index contributed by atoms with van der Waals surface area (Å²) in [7, 11) is 4.85. The lowest BCUT2D eigenvalue weighted by atomic mass is 9.92. The second-order valence-electron chi connectivity index (χ2n) is 11.9. The summed E-state index contributed by atoms with van der Waals surface area (Å²) in [5.74, 6) is -2.19. The number of unbranched alkanes of at least 4 members (excludes halogenated alkanes) is 1. The van der Waals surface area contributed by atoms with E-state index in [4.69, 9.17) is 9.72 Å². The fourth-order valence-corrected chi connectivity index (χ4v) is 6.35. The molecule has 0 amide bonds. The van der Waals surface area contributed by atoms with Gasteiger partial charge in [-0.1, -0.05) is 32.1 Å². The van der Waals surface area contributed by atoms with Crippen LogP contribution in [0.25, 0.3) is 27.7 Å². The summed E-state index contributed by atoms with van der Waals surface area (Å²) in [5, 5.41) is 2.61. The Balaban J connectivity index is 1.52. The molecule has 0 spiro atoms. The number of ketones is 1. The molecule has 0 fully saturated rings. The molecule has 0 bridgehead atoms. The van der Waals surface area contributed by atoms with Gasteiger partial charge in [-0.3, -0.25) is 4.79 Å². The number of carbonyl (C=O) groups excluding carboxylic acids is 1. The summed E-state index contributed by atoms with van der Waals surface area (Å²) in [6.07, 6.45) is 2.34. The minimum atomic E-state index is -4.73. The molecule has 1 N–H and O–H groups in total. The SMILES string of the molecule is C=C(/C=C/CCC)Nc1c(F)cc(C(=O)c2cc3c4c(cccn24)-c2c(C(F)(F)F)cc4c(nc(COC)n4C)c2N(C)CC3)cc1F. The number of aromatic nitrogens is 3. The summed E-state index contributed by atoms with van der Waals surface area (Å²) in [6.45, 7) is 6.18. The standard InChI is InChI=1S/C36H34F5N5O2/c1-6-7-8-10-20(2)42-31-25(37)15-22(16-26(31)38)35(47)28-17-21-12-14-44(3)34-30(23-11-9-13-46(28)33(21)23)24(36(39,40)41)18-27-32(34)43-29(19-48-5)45(27)4/h8-11,13,15-18,42H,2,6-7,12,14,19H2,1,3-5H3/b10-8+. The van der Waals surface area contributed by atoms with Gasteiger partial charge in [0.15, 0.2) is 0 Å². The van der Waals surface area contributed by atoms with Crippen molar-refractivity contribution in [3.8, 4) is 11.1 Å². The number of carbonyl (C=O) groups is 1. The zero-order valence-corrected chi connectivity index (χ0v) is 26.9. The number of anilines is 2. The third kappa shape index (κ3) is 5.63. The van der Waals surface area contributed by atoms with Gasteiger partial charge in [-0.25, -0.2) is 13.8 Å². The number of nitrogens with zero attached hydrogens (tertiary/aromatic N) is 4. The van der Waals surface area contributed by atoms with E-state index in [0.717, 1.165) is 31.0 Å². The van der Waals surface area contributed by atoms with Crippen molar-refractivity contribution in [2.75, 3.05) is 30.9 Å². The minimum absolute atomic E-state index is 0.0641. The number of ether oxygens (including phenoxy) is 1. The number of hydrogen-bond acceptors (Lipinski definition) is 5. The van der Waals surface area contributed by atoms with Crippen LogP contribution in [0.3, 0.4) is 0 Å². The highest BCUT2D eigenvalue weighted by Gasteiger charge is 2.39. The van der Waals surface area contributed by atoms with Crippen LogP contribution < -0.4 is 10.2 Å². The van der Waals surface area contributed by atoms with Crippen LogP contribution in [0.2, 0.25) is 0 Å². The lowest BCUT2D eigenvalue weighted by Crippen LogP contribution is -2.24. The largest absolute Gasteiger partial charge is 0.417 e. The van der Waals surface area contributed by atoms with Crippen molar-refractivity contribution in [1.29, 1.82) is 0 Å². The highest BCUT2D eigenvalue weighted by atomic mass is 19.4. The van der Waals surface area contributed by atoms with Crippen molar-refractivity contribution >= 4 is 33.7 Å². The first-order chi connectivity index (χ1) is 22.8. The Hall–Kier alpha value is -4.97. The number of fused-ring (bicyclic) bond motifs is 4. The van der Waals surface area contributed by atoms with Gasteiger partial charge in [0.2, 0.25) is 5.78 Å². The van der Waals surface area contributed by atoms with Gasteiger partial charge in [0.05, 0.1) is 28.0 Å². The lowest BCUT2D eigenvalue weighted by Gasteiger charge is -2.28. The first kappa shape index (κ1) is 33.0. The van der Waals surface area contributed by atoms with Crippen LogP contribution in [-0.2, 0) is 31.0 Å². The molecule has 0 radical (unpaired) electrons. The lowest BCUT2D eigenvalue weighted by molar-refractivity contribution is -0.137. The number of halogens is 5. The number of imidazole rings is 1. The predicted molar refractivity (Wildman–Crippen MR) is 176 cm³/mol. The molecule has 2 aromatic carbocycles. The Morgan fingerprint density at radius 3 is 2.54 bits per heavy atom. The number of nitrogens with one attached hydrogen (secondary N) is 1. The van der Waals surface area contributed by atoms with Crippen LogP contribution in [0.1, 0.15) is 52.8 Å². The van der Waals surface area contributed by atoms with Crippen LogP contribution >= 0.6 is 0 Å². The van der Waals surface area contributed by atoms with E-state index >= 15 is 8.78 Å². The molecule has 4 heterocycles. The molecular formula is C36H34F5N5O2. The molecule has 5 aromatic rings. The maximum atomic E-state index is 15.2. The maximum absolute atomic E-state index is 15.2. The number of alkyl halides is 3. The van der Waals surface area contributed by atoms with E-state index in [1.165, 1.54) is 11.5 Å². The number of methoxy groups -OCH3 is 1. The molecule has 1 aliphatic heterocycles. The van der Waals surface area contributed by atoms with Crippen molar-refractivity contribution in [2.45, 2.75) is 39.0 Å². The second-order valence-corrected chi connectivity index (χ2v) is 11.9. The molecule has 1 aliphatic rings. The molecule has 0 atom stereocenters. The number of hydrogen-bond donors (Lipinski definition) is 1. The van der Waals surface area contributed by atoms with Gasteiger partial charge in [-0.2, -0.15) is 13.2 Å². The molecule has 12 heteroatoms. The Labute approximate surface area is 273 Å². The van der Waals surface area contributed by atoms with E-state index in [9.17, 15) is 18.0 Å². The highest BCUT2D eigenvalue weighted by molar-refractivity contribution is 6.11. The number of likely N-dealkylation sites (N-methyl/N-ethyl adjacent to an activating group) is 1. The molecule has 0 saturated carbocycles. The second kappa shape index (κ2) is 12.6. The third-order valence-electron chi connectivity index (χ3n) is 8.66. The van der Waals surface area contributed by atoms with Crippen molar-refractivity contribution in [1.82, 2.24) is 14.0 Å².